The van der Waals surface area contributed by atoms with E-state index in [9.17, 15) is 4.79 Å². The van der Waals surface area contributed by atoms with Crippen molar-refractivity contribution in [2.24, 2.45) is 5.10 Å². The normalized spacial score (nSPS) is 13.9. The number of methoxy groups -OCH3 is 2. The predicted molar refractivity (Wildman–Crippen MR) is 115 cm³/mol. The number of hydrogen-bond acceptors (Lipinski definition) is 7. The minimum Gasteiger partial charge on any atom is -0.495 e. The first-order chi connectivity index (χ1) is 14.6. The number of rotatable bonds is 8. The van der Waals surface area contributed by atoms with Crippen molar-refractivity contribution in [1.29, 1.82) is 0 Å². The highest BCUT2D eigenvalue weighted by molar-refractivity contribution is 6.30. The van der Waals surface area contributed by atoms with E-state index in [1.54, 1.807) is 43.7 Å². The molecular weight excluding hydrogens is 410 g/mol. The van der Waals surface area contributed by atoms with Gasteiger partial charge in [0.25, 0.3) is 5.91 Å². The number of nitrogens with zero attached hydrogens (tertiary/aromatic N) is 2. The monoisotopic (exact) mass is 433 g/mol. The van der Waals surface area contributed by atoms with Crippen LogP contribution in [0, 0.1) is 0 Å². The van der Waals surface area contributed by atoms with Gasteiger partial charge in [0.05, 0.1) is 52.4 Å². The van der Waals surface area contributed by atoms with Gasteiger partial charge in [0.15, 0.2) is 18.1 Å². The number of anilines is 1. The van der Waals surface area contributed by atoms with E-state index < -0.39 is 0 Å². The molecule has 8 nitrogen and oxygen atoms in total. The number of amides is 1. The van der Waals surface area contributed by atoms with E-state index in [4.69, 9.17) is 30.5 Å². The van der Waals surface area contributed by atoms with Gasteiger partial charge in [-0.3, -0.25) is 9.80 Å². The van der Waals surface area contributed by atoms with Crippen LogP contribution in [0.15, 0.2) is 41.5 Å². The fraction of sp³-hybridized carbons (Fsp3) is 0.333. The third kappa shape index (κ3) is 6.01. The molecule has 1 heterocycles. The molecule has 0 unspecified atom stereocenters. The van der Waals surface area contributed by atoms with Crippen molar-refractivity contribution in [2.45, 2.75) is 0 Å². The highest BCUT2D eigenvalue weighted by Crippen LogP contribution is 2.29. The molecule has 0 saturated carbocycles. The molecule has 3 rings (SSSR count). The summed E-state index contributed by atoms with van der Waals surface area (Å²) in [4.78, 5) is 12.3. The Hall–Kier alpha value is -2.97. The lowest BCUT2D eigenvalue weighted by Gasteiger charge is -2.23. The number of morpholine rings is 1. The first-order valence-corrected chi connectivity index (χ1v) is 9.77. The average molecular weight is 434 g/mol. The fourth-order valence-corrected chi connectivity index (χ4v) is 2.96. The van der Waals surface area contributed by atoms with Gasteiger partial charge in [-0.05, 0) is 35.9 Å². The number of hydrogen-bond donors (Lipinski definition) is 1. The van der Waals surface area contributed by atoms with Gasteiger partial charge >= 0.3 is 0 Å². The topological polar surface area (TPSA) is 81.6 Å². The third-order valence-electron chi connectivity index (χ3n) is 4.34. The van der Waals surface area contributed by atoms with Gasteiger partial charge in [0.1, 0.15) is 5.75 Å². The molecule has 0 radical (unpaired) electrons. The number of carbonyl (C=O) groups is 1. The lowest BCUT2D eigenvalue weighted by molar-refractivity contribution is -0.118. The summed E-state index contributed by atoms with van der Waals surface area (Å²) in [6.07, 6.45) is 1.76. The maximum atomic E-state index is 12.3. The van der Waals surface area contributed by atoms with Crippen molar-refractivity contribution in [1.82, 2.24) is 5.01 Å². The molecule has 160 valence electrons. The zero-order chi connectivity index (χ0) is 21.3. The van der Waals surface area contributed by atoms with Crippen LogP contribution in [0.4, 0.5) is 5.69 Å². The van der Waals surface area contributed by atoms with Crippen molar-refractivity contribution in [3.8, 4) is 17.2 Å². The van der Waals surface area contributed by atoms with Crippen molar-refractivity contribution in [3.05, 3.63) is 47.0 Å². The predicted octanol–water partition coefficient (Wildman–Crippen LogP) is 3.04. The lowest BCUT2D eigenvalue weighted by atomic mass is 10.2. The van der Waals surface area contributed by atoms with Crippen LogP contribution >= 0.6 is 11.6 Å². The summed E-state index contributed by atoms with van der Waals surface area (Å²) in [6.45, 7) is 2.70. The highest BCUT2D eigenvalue weighted by atomic mass is 35.5. The molecule has 9 heteroatoms. The van der Waals surface area contributed by atoms with Gasteiger partial charge in [0, 0.05) is 11.1 Å². The number of ether oxygens (including phenoxy) is 4. The summed E-state index contributed by atoms with van der Waals surface area (Å²) < 4.78 is 21.6. The molecule has 2 aromatic carbocycles. The van der Waals surface area contributed by atoms with E-state index in [1.807, 2.05) is 11.1 Å². The van der Waals surface area contributed by atoms with Crippen LogP contribution in [0.1, 0.15) is 5.56 Å². The summed E-state index contributed by atoms with van der Waals surface area (Å²) in [5.74, 6) is 1.10. The molecule has 1 fully saturated rings. The van der Waals surface area contributed by atoms with Crippen LogP contribution < -0.4 is 19.5 Å². The largest absolute Gasteiger partial charge is 0.495 e. The second kappa shape index (κ2) is 10.7. The second-order valence-electron chi connectivity index (χ2n) is 6.40. The first kappa shape index (κ1) is 21.7. The summed E-state index contributed by atoms with van der Waals surface area (Å²) in [7, 11) is 3.05. The van der Waals surface area contributed by atoms with Crippen LogP contribution in [-0.2, 0) is 9.53 Å². The van der Waals surface area contributed by atoms with E-state index in [-0.39, 0.29) is 12.5 Å². The Kier molecular flexibility index (Phi) is 7.75. The maximum absolute atomic E-state index is 12.3. The summed E-state index contributed by atoms with van der Waals surface area (Å²) >= 11 is 5.94. The number of benzene rings is 2. The number of halogens is 1. The minimum absolute atomic E-state index is 0.191. The Bertz CT molecular complexity index is 900. The van der Waals surface area contributed by atoms with E-state index in [0.29, 0.717) is 41.2 Å². The molecule has 1 N–H and O–H groups in total. The second-order valence-corrected chi connectivity index (χ2v) is 6.84. The Morgan fingerprint density at radius 1 is 1.13 bits per heavy atom. The summed E-state index contributed by atoms with van der Waals surface area (Å²) in [5, 5.41) is 9.66. The number of nitrogens with one attached hydrogen (secondary N) is 1. The van der Waals surface area contributed by atoms with Crippen molar-refractivity contribution in [3.63, 3.8) is 0 Å². The molecule has 0 aromatic heterocycles. The molecule has 0 spiro atoms. The molecule has 1 aliphatic rings. The van der Waals surface area contributed by atoms with Gasteiger partial charge in [-0.15, -0.1) is 0 Å². The van der Waals surface area contributed by atoms with Crippen LogP contribution in [0.2, 0.25) is 5.02 Å². The molecule has 0 atom stereocenters. The SMILES string of the molecule is COc1cc(Cl)ccc1NC(=O)COc1ccc(/C=N/N2CCOCC2)cc1OC. The van der Waals surface area contributed by atoms with Gasteiger partial charge < -0.3 is 24.3 Å². The number of carbonyl (C=O) groups excluding carboxylic acids is 1. The zero-order valence-corrected chi connectivity index (χ0v) is 17.6. The van der Waals surface area contributed by atoms with Crippen LogP contribution in [0.3, 0.4) is 0 Å². The van der Waals surface area contributed by atoms with Gasteiger partial charge in [-0.1, -0.05) is 11.6 Å². The van der Waals surface area contributed by atoms with E-state index >= 15 is 0 Å². The summed E-state index contributed by atoms with van der Waals surface area (Å²) in [6, 6.07) is 10.4. The van der Waals surface area contributed by atoms with E-state index in [0.717, 1.165) is 18.7 Å². The Morgan fingerprint density at radius 2 is 1.90 bits per heavy atom. The molecule has 30 heavy (non-hydrogen) atoms. The zero-order valence-electron chi connectivity index (χ0n) is 16.9. The molecule has 0 bridgehead atoms. The average Bonchev–Trinajstić information content (AvgIpc) is 2.78. The molecule has 1 aliphatic heterocycles. The molecule has 0 aliphatic carbocycles. The van der Waals surface area contributed by atoms with E-state index in [1.165, 1.54) is 7.11 Å². The van der Waals surface area contributed by atoms with E-state index in [2.05, 4.69) is 10.4 Å². The third-order valence-corrected chi connectivity index (χ3v) is 4.58. The Labute approximate surface area is 180 Å². The van der Waals surface area contributed by atoms with Gasteiger partial charge in [-0.25, -0.2) is 0 Å². The van der Waals surface area contributed by atoms with Crippen molar-refractivity contribution < 1.29 is 23.7 Å². The van der Waals surface area contributed by atoms with Crippen molar-refractivity contribution >= 4 is 29.4 Å². The minimum atomic E-state index is -0.337. The fourth-order valence-electron chi connectivity index (χ4n) is 2.80. The van der Waals surface area contributed by atoms with Crippen LogP contribution in [0.25, 0.3) is 0 Å². The maximum Gasteiger partial charge on any atom is 0.262 e. The highest BCUT2D eigenvalue weighted by Gasteiger charge is 2.12. The van der Waals surface area contributed by atoms with Crippen LogP contribution in [-0.4, -0.2) is 64.3 Å². The smallest absolute Gasteiger partial charge is 0.262 e. The Morgan fingerprint density at radius 3 is 2.63 bits per heavy atom. The number of hydrazone groups is 1. The standard InChI is InChI=1S/C21H24ClN3O5/c1-27-19-12-16(22)4-5-17(19)24-21(26)14-30-18-6-3-15(11-20(18)28-2)13-23-25-7-9-29-10-8-25/h3-6,11-13H,7-10,14H2,1-2H3,(H,24,26)/b23-13+. The van der Waals surface area contributed by atoms with Crippen LogP contribution in [0.5, 0.6) is 17.2 Å². The molecule has 1 saturated heterocycles. The molecule has 2 aromatic rings. The van der Waals surface area contributed by atoms with Gasteiger partial charge in [0.2, 0.25) is 0 Å². The van der Waals surface area contributed by atoms with Gasteiger partial charge in [-0.2, -0.15) is 5.10 Å². The first-order valence-electron chi connectivity index (χ1n) is 9.40. The van der Waals surface area contributed by atoms with Crippen molar-refractivity contribution in [2.75, 3.05) is 52.4 Å². The molecular formula is C21H24ClN3O5. The summed E-state index contributed by atoms with van der Waals surface area (Å²) in [5.41, 5.74) is 1.37. The Balaban J connectivity index is 1.59. The molecule has 1 amide bonds. The quantitative estimate of drug-likeness (QED) is 0.644. The lowest BCUT2D eigenvalue weighted by Crippen LogP contribution is -2.32.